The van der Waals surface area contributed by atoms with Crippen molar-refractivity contribution in [2.75, 3.05) is 18.9 Å². The molecule has 1 amide bonds. The standard InChI is InChI=1S/C12H16FN3O2/c13-10-9(4-5-15-11(10)14)12(18)16(6-7-17)8-2-1-3-8/h4-5,8,17H,1-3,6-7H2,(H2,14,15). The van der Waals surface area contributed by atoms with Gasteiger partial charge < -0.3 is 15.7 Å². The van der Waals surface area contributed by atoms with Crippen LogP contribution in [0.15, 0.2) is 12.3 Å². The van der Waals surface area contributed by atoms with E-state index in [4.69, 9.17) is 10.8 Å². The third-order valence-corrected chi connectivity index (χ3v) is 3.26. The first-order valence-electron chi connectivity index (χ1n) is 5.97. The second-order valence-electron chi connectivity index (χ2n) is 4.36. The van der Waals surface area contributed by atoms with Crippen LogP contribution in [0.2, 0.25) is 0 Å². The third kappa shape index (κ3) is 2.28. The quantitative estimate of drug-likeness (QED) is 0.831. The Morgan fingerprint density at radius 1 is 1.61 bits per heavy atom. The molecule has 0 atom stereocenters. The monoisotopic (exact) mass is 253 g/mol. The Balaban J connectivity index is 2.24. The molecule has 5 nitrogen and oxygen atoms in total. The van der Waals surface area contributed by atoms with Crippen molar-refractivity contribution in [1.29, 1.82) is 0 Å². The van der Waals surface area contributed by atoms with E-state index >= 15 is 0 Å². The molecule has 98 valence electrons. The second kappa shape index (κ2) is 5.30. The summed E-state index contributed by atoms with van der Waals surface area (Å²) in [6.45, 7) is 0.0790. The molecule has 1 saturated carbocycles. The van der Waals surface area contributed by atoms with E-state index in [9.17, 15) is 9.18 Å². The zero-order valence-electron chi connectivity index (χ0n) is 9.97. The lowest BCUT2D eigenvalue weighted by Gasteiger charge is -2.37. The van der Waals surface area contributed by atoms with Gasteiger partial charge in [0.05, 0.1) is 12.2 Å². The van der Waals surface area contributed by atoms with Gasteiger partial charge in [0.2, 0.25) is 0 Å². The van der Waals surface area contributed by atoms with E-state index in [1.807, 2.05) is 0 Å². The number of carbonyl (C=O) groups is 1. The number of hydrogen-bond donors (Lipinski definition) is 2. The van der Waals surface area contributed by atoms with Crippen molar-refractivity contribution >= 4 is 11.7 Å². The predicted octanol–water partition coefficient (Wildman–Crippen LogP) is 0.790. The van der Waals surface area contributed by atoms with Crippen LogP contribution in [0, 0.1) is 5.82 Å². The molecule has 3 N–H and O–H groups in total. The smallest absolute Gasteiger partial charge is 0.257 e. The topological polar surface area (TPSA) is 79.5 Å². The summed E-state index contributed by atoms with van der Waals surface area (Å²) in [6, 6.07) is 1.41. The van der Waals surface area contributed by atoms with E-state index in [0.717, 1.165) is 19.3 Å². The van der Waals surface area contributed by atoms with Crippen LogP contribution in [0.25, 0.3) is 0 Å². The Morgan fingerprint density at radius 3 is 2.89 bits per heavy atom. The number of nitrogen functional groups attached to an aromatic ring is 1. The van der Waals surface area contributed by atoms with Gasteiger partial charge in [0.25, 0.3) is 5.91 Å². The van der Waals surface area contributed by atoms with Crippen LogP contribution in [0.3, 0.4) is 0 Å². The predicted molar refractivity (Wildman–Crippen MR) is 64.4 cm³/mol. The van der Waals surface area contributed by atoms with Crippen LogP contribution in [0.5, 0.6) is 0 Å². The number of nitrogens with two attached hydrogens (primary N) is 1. The summed E-state index contributed by atoms with van der Waals surface area (Å²) in [7, 11) is 0. The molecule has 0 aromatic carbocycles. The van der Waals surface area contributed by atoms with E-state index in [0.29, 0.717) is 0 Å². The first-order valence-corrected chi connectivity index (χ1v) is 5.97. The molecule has 18 heavy (non-hydrogen) atoms. The molecule has 1 heterocycles. The first kappa shape index (κ1) is 12.8. The molecule has 1 aromatic heterocycles. The number of aliphatic hydroxyl groups is 1. The van der Waals surface area contributed by atoms with Gasteiger partial charge in [0.1, 0.15) is 0 Å². The van der Waals surface area contributed by atoms with Gasteiger partial charge in [0.15, 0.2) is 11.6 Å². The SMILES string of the molecule is Nc1nccc(C(=O)N(CCO)C2CCC2)c1F. The molecule has 1 aliphatic carbocycles. The van der Waals surface area contributed by atoms with E-state index in [2.05, 4.69) is 4.98 Å². The Hall–Kier alpha value is -1.69. The van der Waals surface area contributed by atoms with Crippen LogP contribution in [-0.2, 0) is 0 Å². The third-order valence-electron chi connectivity index (χ3n) is 3.26. The number of pyridine rings is 1. The maximum Gasteiger partial charge on any atom is 0.257 e. The molecule has 0 radical (unpaired) electrons. The van der Waals surface area contributed by atoms with Crippen molar-refractivity contribution in [3.63, 3.8) is 0 Å². The second-order valence-corrected chi connectivity index (χ2v) is 4.36. The first-order chi connectivity index (χ1) is 8.65. The zero-order chi connectivity index (χ0) is 13.1. The van der Waals surface area contributed by atoms with Crippen LogP contribution < -0.4 is 5.73 Å². The van der Waals surface area contributed by atoms with Crippen LogP contribution >= 0.6 is 0 Å². The van der Waals surface area contributed by atoms with E-state index in [-0.39, 0.29) is 30.6 Å². The summed E-state index contributed by atoms with van der Waals surface area (Å²) in [6.07, 6.45) is 4.16. The minimum atomic E-state index is -0.787. The van der Waals surface area contributed by atoms with Gasteiger partial charge >= 0.3 is 0 Å². The van der Waals surface area contributed by atoms with Gasteiger partial charge in [-0.3, -0.25) is 4.79 Å². The van der Waals surface area contributed by atoms with Gasteiger partial charge in [-0.1, -0.05) is 0 Å². The van der Waals surface area contributed by atoms with Crippen molar-refractivity contribution < 1.29 is 14.3 Å². The molecule has 1 aromatic rings. The van der Waals surface area contributed by atoms with Crippen LogP contribution in [0.4, 0.5) is 10.2 Å². The van der Waals surface area contributed by atoms with Crippen LogP contribution in [-0.4, -0.2) is 40.1 Å². The molecule has 0 spiro atoms. The van der Waals surface area contributed by atoms with Gasteiger partial charge in [-0.05, 0) is 25.3 Å². The van der Waals surface area contributed by atoms with Crippen LogP contribution in [0.1, 0.15) is 29.6 Å². The number of nitrogens with zero attached hydrogens (tertiary/aromatic N) is 2. The minimum Gasteiger partial charge on any atom is -0.395 e. The van der Waals surface area contributed by atoms with Gasteiger partial charge in [-0.15, -0.1) is 0 Å². The summed E-state index contributed by atoms with van der Waals surface area (Å²) >= 11 is 0. The fourth-order valence-corrected chi connectivity index (χ4v) is 2.04. The molecule has 1 fully saturated rings. The highest BCUT2D eigenvalue weighted by Gasteiger charge is 2.30. The van der Waals surface area contributed by atoms with E-state index < -0.39 is 11.7 Å². The van der Waals surface area contributed by atoms with Crippen molar-refractivity contribution in [3.8, 4) is 0 Å². The highest BCUT2D eigenvalue weighted by Crippen LogP contribution is 2.26. The lowest BCUT2D eigenvalue weighted by atomic mass is 9.91. The summed E-state index contributed by atoms with van der Waals surface area (Å²) in [5.41, 5.74) is 5.27. The molecular weight excluding hydrogens is 237 g/mol. The number of aliphatic hydroxyl groups excluding tert-OH is 1. The summed E-state index contributed by atoms with van der Waals surface area (Å²) in [5.74, 6) is -1.50. The normalized spacial score (nSPS) is 15.2. The van der Waals surface area contributed by atoms with Gasteiger partial charge in [0, 0.05) is 18.8 Å². The summed E-state index contributed by atoms with van der Waals surface area (Å²) in [5, 5.41) is 9.00. The van der Waals surface area contributed by atoms with Crippen molar-refractivity contribution in [3.05, 3.63) is 23.6 Å². The maximum atomic E-state index is 13.7. The van der Waals surface area contributed by atoms with E-state index in [1.54, 1.807) is 0 Å². The molecule has 0 saturated heterocycles. The Kier molecular flexibility index (Phi) is 3.76. The highest BCUT2D eigenvalue weighted by atomic mass is 19.1. The Morgan fingerprint density at radius 2 is 2.33 bits per heavy atom. The number of rotatable bonds is 4. The molecule has 6 heteroatoms. The number of hydrogen-bond acceptors (Lipinski definition) is 4. The number of anilines is 1. The van der Waals surface area contributed by atoms with Crippen molar-refractivity contribution in [2.24, 2.45) is 0 Å². The average molecular weight is 253 g/mol. The van der Waals surface area contributed by atoms with Crippen molar-refractivity contribution in [2.45, 2.75) is 25.3 Å². The fraction of sp³-hybridized carbons (Fsp3) is 0.500. The zero-order valence-corrected chi connectivity index (χ0v) is 9.97. The number of aromatic nitrogens is 1. The number of halogens is 1. The fourth-order valence-electron chi connectivity index (χ4n) is 2.04. The lowest BCUT2D eigenvalue weighted by molar-refractivity contribution is 0.0521. The molecule has 0 bridgehead atoms. The summed E-state index contributed by atoms with van der Waals surface area (Å²) in [4.78, 5) is 17.3. The lowest BCUT2D eigenvalue weighted by Crippen LogP contribution is -2.46. The number of amides is 1. The summed E-state index contributed by atoms with van der Waals surface area (Å²) < 4.78 is 13.7. The number of carbonyl (C=O) groups excluding carboxylic acids is 1. The average Bonchev–Trinajstić information content (AvgIpc) is 2.29. The largest absolute Gasteiger partial charge is 0.395 e. The molecule has 2 rings (SSSR count). The molecular formula is C12H16FN3O2. The van der Waals surface area contributed by atoms with Gasteiger partial charge in [-0.2, -0.15) is 0 Å². The Labute approximate surface area is 104 Å². The molecule has 1 aliphatic rings. The Bertz CT molecular complexity index is 449. The molecule has 0 unspecified atom stereocenters. The minimum absolute atomic E-state index is 0.0807. The van der Waals surface area contributed by atoms with Gasteiger partial charge in [-0.25, -0.2) is 9.37 Å². The van der Waals surface area contributed by atoms with Crippen molar-refractivity contribution in [1.82, 2.24) is 9.88 Å². The highest BCUT2D eigenvalue weighted by molar-refractivity contribution is 5.95. The molecule has 0 aliphatic heterocycles. The van der Waals surface area contributed by atoms with E-state index in [1.165, 1.54) is 17.2 Å². The maximum absolute atomic E-state index is 13.7.